The number of carboxylic acids is 1. The van der Waals surface area contributed by atoms with Crippen molar-refractivity contribution in [1.29, 1.82) is 0 Å². The predicted octanol–water partition coefficient (Wildman–Crippen LogP) is 3.96. The molecule has 1 unspecified atom stereocenters. The Morgan fingerprint density at radius 2 is 2.08 bits per heavy atom. The molecule has 0 saturated heterocycles. The average Bonchev–Trinajstić information content (AvgIpc) is 2.66. The van der Waals surface area contributed by atoms with E-state index in [1.165, 1.54) is 6.42 Å². The number of hydrogen-bond donors (Lipinski definition) is 3. The van der Waals surface area contributed by atoms with Crippen LogP contribution in [0, 0.1) is 5.92 Å². The van der Waals surface area contributed by atoms with Gasteiger partial charge in [-0.05, 0) is 43.4 Å². The number of hydrogen-bond acceptors (Lipinski definition) is 5. The van der Waals surface area contributed by atoms with Gasteiger partial charge in [-0.2, -0.15) is 0 Å². The highest BCUT2D eigenvalue weighted by atomic mass is 31.1. The van der Waals surface area contributed by atoms with Crippen LogP contribution in [0.5, 0.6) is 0 Å². The molecular formula is C19H28NO5P. The second-order valence-electron chi connectivity index (χ2n) is 7.07. The van der Waals surface area contributed by atoms with Gasteiger partial charge in [0.2, 0.25) is 0 Å². The summed E-state index contributed by atoms with van der Waals surface area (Å²) in [6, 6.07) is 6.68. The van der Waals surface area contributed by atoms with Crippen molar-refractivity contribution < 1.29 is 24.1 Å². The van der Waals surface area contributed by atoms with Crippen molar-refractivity contribution in [2.75, 3.05) is 6.54 Å². The number of nitrogens with one attached hydrogen (secondary N) is 1. The SMILES string of the molecule is C[C@@H](NC[C@@H](O)CC(OP=O)C1CCCCC1)c1cccc(C(=O)O)c1. The molecule has 2 rings (SSSR count). The zero-order valence-corrected chi connectivity index (χ0v) is 16.0. The zero-order chi connectivity index (χ0) is 18.9. The van der Waals surface area contributed by atoms with Gasteiger partial charge in [0.15, 0.2) is 0 Å². The third kappa shape index (κ3) is 6.44. The monoisotopic (exact) mass is 381 g/mol. The van der Waals surface area contributed by atoms with Crippen LogP contribution in [0.3, 0.4) is 0 Å². The van der Waals surface area contributed by atoms with E-state index in [4.69, 9.17) is 9.63 Å². The molecule has 1 aromatic carbocycles. The quantitative estimate of drug-likeness (QED) is 0.531. The highest BCUT2D eigenvalue weighted by Crippen LogP contribution is 2.31. The van der Waals surface area contributed by atoms with E-state index in [2.05, 4.69) is 5.32 Å². The Kier molecular flexibility index (Phi) is 8.66. The minimum atomic E-state index is -0.955. The Labute approximate surface area is 156 Å². The summed E-state index contributed by atoms with van der Waals surface area (Å²) in [5.41, 5.74) is 1.10. The first-order valence-corrected chi connectivity index (χ1v) is 9.97. The van der Waals surface area contributed by atoms with Crippen LogP contribution in [-0.4, -0.2) is 34.9 Å². The van der Waals surface area contributed by atoms with Crippen LogP contribution in [0.25, 0.3) is 0 Å². The highest BCUT2D eigenvalue weighted by molar-refractivity contribution is 7.17. The summed E-state index contributed by atoms with van der Waals surface area (Å²) in [7, 11) is -0.335. The number of rotatable bonds is 10. The summed E-state index contributed by atoms with van der Waals surface area (Å²) >= 11 is 0. The molecule has 1 aromatic rings. The lowest BCUT2D eigenvalue weighted by Gasteiger charge is -2.30. The van der Waals surface area contributed by atoms with Crippen LogP contribution in [0.1, 0.15) is 67.4 Å². The molecular weight excluding hydrogens is 353 g/mol. The predicted molar refractivity (Wildman–Crippen MR) is 99.5 cm³/mol. The van der Waals surface area contributed by atoms with Crippen molar-refractivity contribution in [2.45, 2.75) is 63.7 Å². The lowest BCUT2D eigenvalue weighted by atomic mass is 9.83. The number of aliphatic hydroxyl groups is 1. The molecule has 1 fully saturated rings. The molecule has 6 nitrogen and oxygen atoms in total. The average molecular weight is 381 g/mol. The number of aliphatic hydroxyl groups excluding tert-OH is 1. The first-order chi connectivity index (χ1) is 12.5. The largest absolute Gasteiger partial charge is 0.478 e. The molecule has 0 heterocycles. The van der Waals surface area contributed by atoms with Crippen molar-refractivity contribution in [3.63, 3.8) is 0 Å². The van der Waals surface area contributed by atoms with Gasteiger partial charge in [-0.3, -0.25) is 4.52 Å². The fraction of sp³-hybridized carbons (Fsp3) is 0.632. The molecule has 0 spiro atoms. The van der Waals surface area contributed by atoms with Crippen LogP contribution in [-0.2, 0) is 9.09 Å². The van der Waals surface area contributed by atoms with Crippen molar-refractivity contribution in [1.82, 2.24) is 5.32 Å². The lowest BCUT2D eigenvalue weighted by molar-refractivity contribution is 0.0544. The smallest absolute Gasteiger partial charge is 0.335 e. The van der Waals surface area contributed by atoms with Crippen molar-refractivity contribution in [2.24, 2.45) is 5.92 Å². The molecule has 0 aliphatic heterocycles. The van der Waals surface area contributed by atoms with E-state index < -0.39 is 12.1 Å². The standard InChI is InChI=1S/C19H28NO5P/c1-13(15-8-5-9-16(10-15)19(22)23)20-12-17(21)11-18(25-26-24)14-6-3-2-4-7-14/h5,8-10,13-14,17-18,20-21H,2-4,6-7,11-12H2,1H3,(H,22,23)/t13-,17+,18?/m1/s1. The second-order valence-corrected chi connectivity index (χ2v) is 7.43. The lowest BCUT2D eigenvalue weighted by Crippen LogP contribution is -2.34. The number of aromatic carboxylic acids is 1. The third-order valence-corrected chi connectivity index (χ3v) is 5.51. The number of carbonyl (C=O) groups is 1. The Hall–Kier alpha value is -1.33. The van der Waals surface area contributed by atoms with E-state index in [9.17, 15) is 14.5 Å². The third-order valence-electron chi connectivity index (χ3n) is 5.15. The molecule has 0 bridgehead atoms. The summed E-state index contributed by atoms with van der Waals surface area (Å²) in [5.74, 6) is -0.604. The molecule has 0 aromatic heterocycles. The summed E-state index contributed by atoms with van der Waals surface area (Å²) in [5, 5.41) is 22.7. The van der Waals surface area contributed by atoms with E-state index >= 15 is 0 Å². The molecule has 144 valence electrons. The first kappa shape index (κ1) is 21.0. The van der Waals surface area contributed by atoms with E-state index in [-0.39, 0.29) is 26.4 Å². The van der Waals surface area contributed by atoms with E-state index in [1.807, 2.05) is 13.0 Å². The van der Waals surface area contributed by atoms with Gasteiger partial charge in [0, 0.05) is 19.0 Å². The topological polar surface area (TPSA) is 95.9 Å². The Balaban J connectivity index is 1.85. The maximum Gasteiger partial charge on any atom is 0.335 e. The molecule has 1 aliphatic rings. The number of benzene rings is 1. The van der Waals surface area contributed by atoms with Crippen molar-refractivity contribution >= 4 is 14.7 Å². The van der Waals surface area contributed by atoms with Gasteiger partial charge >= 0.3 is 14.7 Å². The Morgan fingerprint density at radius 1 is 1.35 bits per heavy atom. The Morgan fingerprint density at radius 3 is 2.73 bits per heavy atom. The normalized spacial score (nSPS) is 19.2. The van der Waals surface area contributed by atoms with E-state index in [0.717, 1.165) is 31.2 Å². The van der Waals surface area contributed by atoms with Gasteiger partial charge in [0.1, 0.15) is 0 Å². The molecule has 0 radical (unpaired) electrons. The van der Waals surface area contributed by atoms with Gasteiger partial charge in [-0.15, -0.1) is 0 Å². The first-order valence-electron chi connectivity index (χ1n) is 9.24. The van der Waals surface area contributed by atoms with Gasteiger partial charge < -0.3 is 15.5 Å². The summed E-state index contributed by atoms with van der Waals surface area (Å²) in [6.45, 7) is 2.29. The van der Waals surface area contributed by atoms with Gasteiger partial charge in [-0.25, -0.2) is 9.36 Å². The molecule has 7 heteroatoms. The molecule has 3 atom stereocenters. The second kappa shape index (κ2) is 10.7. The minimum absolute atomic E-state index is 0.0874. The fourth-order valence-electron chi connectivity index (χ4n) is 3.61. The number of carboxylic acid groups (broad SMARTS) is 1. The molecule has 3 N–H and O–H groups in total. The van der Waals surface area contributed by atoms with Gasteiger partial charge in [-0.1, -0.05) is 31.4 Å². The van der Waals surface area contributed by atoms with Crippen LogP contribution >= 0.6 is 8.69 Å². The fourth-order valence-corrected chi connectivity index (χ4v) is 3.97. The van der Waals surface area contributed by atoms with Gasteiger partial charge in [0.05, 0.1) is 17.8 Å². The molecule has 0 amide bonds. The van der Waals surface area contributed by atoms with Crippen LogP contribution in [0.15, 0.2) is 24.3 Å². The van der Waals surface area contributed by atoms with Crippen LogP contribution < -0.4 is 5.32 Å². The van der Waals surface area contributed by atoms with E-state index in [1.54, 1.807) is 18.2 Å². The Bertz CT molecular complexity index is 591. The maximum atomic E-state index is 11.1. The highest BCUT2D eigenvalue weighted by Gasteiger charge is 2.27. The van der Waals surface area contributed by atoms with E-state index in [0.29, 0.717) is 18.9 Å². The maximum absolute atomic E-state index is 11.1. The van der Waals surface area contributed by atoms with Crippen molar-refractivity contribution in [3.8, 4) is 0 Å². The summed E-state index contributed by atoms with van der Waals surface area (Å²) < 4.78 is 16.3. The summed E-state index contributed by atoms with van der Waals surface area (Å²) in [6.07, 6.45) is 5.28. The van der Waals surface area contributed by atoms with Crippen LogP contribution in [0.4, 0.5) is 0 Å². The van der Waals surface area contributed by atoms with Crippen molar-refractivity contribution in [3.05, 3.63) is 35.4 Å². The van der Waals surface area contributed by atoms with Gasteiger partial charge in [0.25, 0.3) is 0 Å². The molecule has 1 saturated carbocycles. The molecule has 1 aliphatic carbocycles. The minimum Gasteiger partial charge on any atom is -0.478 e. The van der Waals surface area contributed by atoms with Crippen LogP contribution in [0.2, 0.25) is 0 Å². The molecule has 26 heavy (non-hydrogen) atoms. The summed E-state index contributed by atoms with van der Waals surface area (Å²) in [4.78, 5) is 11.1. The zero-order valence-electron chi connectivity index (χ0n) is 15.1.